The first-order chi connectivity index (χ1) is 16.6. The van der Waals surface area contributed by atoms with Crippen LogP contribution in [-0.2, 0) is 13.6 Å². The number of fused-ring (bicyclic) bond motifs is 2. The molecule has 4 heterocycles. The number of aryl methyl sites for hydroxylation is 1. The van der Waals surface area contributed by atoms with Crippen molar-refractivity contribution in [3.8, 4) is 28.5 Å². The lowest BCUT2D eigenvalue weighted by molar-refractivity contribution is 0.491. The van der Waals surface area contributed by atoms with E-state index in [9.17, 15) is 9.65 Å². The number of nitriles is 1. The first-order valence-corrected chi connectivity index (χ1v) is 11.4. The Balaban J connectivity index is 1.56. The third-order valence-corrected chi connectivity index (χ3v) is 6.72. The van der Waals surface area contributed by atoms with E-state index in [0.29, 0.717) is 11.5 Å². The highest BCUT2D eigenvalue weighted by Gasteiger charge is 2.20. The predicted molar refractivity (Wildman–Crippen MR) is 131 cm³/mol. The summed E-state index contributed by atoms with van der Waals surface area (Å²) in [6.07, 6.45) is 7.15. The lowest BCUT2D eigenvalue weighted by Crippen LogP contribution is -2.14. The molecule has 0 bridgehead atoms. The van der Waals surface area contributed by atoms with E-state index < -0.39 is 5.82 Å². The monoisotopic (exact) mass is 450 g/mol. The number of halogens is 1. The number of hydrogen-bond acceptors (Lipinski definition) is 4. The molecule has 1 saturated heterocycles. The summed E-state index contributed by atoms with van der Waals surface area (Å²) in [7, 11) is 1.90. The Morgan fingerprint density at radius 2 is 2.06 bits per heavy atom. The Kier molecular flexibility index (Phi) is 4.89. The molecule has 1 aliphatic rings. The summed E-state index contributed by atoms with van der Waals surface area (Å²) in [6, 6.07) is 14.9. The van der Waals surface area contributed by atoms with Gasteiger partial charge in [0.1, 0.15) is 11.9 Å². The fraction of sp³-hybridized carbons (Fsp3) is 0.222. The van der Waals surface area contributed by atoms with Gasteiger partial charge in [0.15, 0.2) is 0 Å². The highest BCUT2D eigenvalue weighted by atomic mass is 19.1. The van der Waals surface area contributed by atoms with E-state index in [-0.39, 0.29) is 5.56 Å². The van der Waals surface area contributed by atoms with Gasteiger partial charge >= 0.3 is 0 Å². The molecule has 3 aromatic heterocycles. The smallest absolute Gasteiger partial charge is 0.141 e. The van der Waals surface area contributed by atoms with E-state index in [4.69, 9.17) is 4.98 Å². The van der Waals surface area contributed by atoms with E-state index in [2.05, 4.69) is 33.3 Å². The highest BCUT2D eigenvalue weighted by Crippen LogP contribution is 2.38. The molecule has 0 aliphatic carbocycles. The standard InChI is InChI=1S/C27H23FN6/c1-33-16-21-10-19(4-5-24(21)32-33)27-26(18-2-3-20(12-29)23(28)11-18)22-7-9-34(25(22)14-31-27)15-17-6-8-30-13-17/h2-5,7,9-11,14,16-17,30H,6,8,13,15H2,1H3/t17-/m1/s1. The average Bonchev–Trinajstić information content (AvgIpc) is 3.58. The van der Waals surface area contributed by atoms with Crippen LogP contribution in [0.1, 0.15) is 12.0 Å². The number of pyridine rings is 1. The minimum Gasteiger partial charge on any atom is -0.346 e. The van der Waals surface area contributed by atoms with Crippen LogP contribution in [0.4, 0.5) is 4.39 Å². The molecule has 1 N–H and O–H groups in total. The molecule has 1 atom stereocenters. The second kappa shape index (κ2) is 8.08. The van der Waals surface area contributed by atoms with Gasteiger partial charge in [0.2, 0.25) is 0 Å². The Morgan fingerprint density at radius 1 is 1.18 bits per heavy atom. The maximum Gasteiger partial charge on any atom is 0.141 e. The zero-order chi connectivity index (χ0) is 23.2. The molecule has 0 saturated carbocycles. The number of hydrogen-bond donors (Lipinski definition) is 1. The summed E-state index contributed by atoms with van der Waals surface area (Å²) in [5.74, 6) is 0.0567. The van der Waals surface area contributed by atoms with E-state index >= 15 is 0 Å². The third kappa shape index (κ3) is 3.44. The van der Waals surface area contributed by atoms with Crippen LogP contribution in [0, 0.1) is 23.1 Å². The fourth-order valence-electron chi connectivity index (χ4n) is 5.03. The van der Waals surface area contributed by atoms with Crippen molar-refractivity contribution in [1.29, 1.82) is 5.26 Å². The maximum absolute atomic E-state index is 14.7. The molecular formula is C27H23FN6. The molecule has 1 fully saturated rings. The van der Waals surface area contributed by atoms with Crippen molar-refractivity contribution in [2.45, 2.75) is 13.0 Å². The van der Waals surface area contributed by atoms with Gasteiger partial charge in [0.25, 0.3) is 0 Å². The van der Waals surface area contributed by atoms with Crippen molar-refractivity contribution in [3.05, 3.63) is 72.4 Å². The Hall–Kier alpha value is -4.02. The van der Waals surface area contributed by atoms with Gasteiger partial charge in [-0.2, -0.15) is 10.4 Å². The Bertz CT molecular complexity index is 1580. The molecule has 168 valence electrons. The molecule has 0 unspecified atom stereocenters. The van der Waals surface area contributed by atoms with Crippen molar-refractivity contribution in [3.63, 3.8) is 0 Å². The lowest BCUT2D eigenvalue weighted by Gasteiger charge is -2.14. The normalized spacial score (nSPS) is 15.9. The van der Waals surface area contributed by atoms with Gasteiger partial charge in [-0.25, -0.2) is 4.39 Å². The van der Waals surface area contributed by atoms with E-state index in [1.54, 1.807) is 10.7 Å². The van der Waals surface area contributed by atoms with Crippen LogP contribution >= 0.6 is 0 Å². The summed E-state index contributed by atoms with van der Waals surface area (Å²) in [4.78, 5) is 4.90. The first kappa shape index (κ1) is 20.6. The Labute approximate surface area is 196 Å². The minimum atomic E-state index is -0.526. The zero-order valence-corrected chi connectivity index (χ0v) is 18.8. The average molecular weight is 451 g/mol. The summed E-state index contributed by atoms with van der Waals surface area (Å²) < 4.78 is 18.7. The second-order valence-corrected chi connectivity index (χ2v) is 8.99. The predicted octanol–water partition coefficient (Wildman–Crippen LogP) is 4.88. The summed E-state index contributed by atoms with van der Waals surface area (Å²) >= 11 is 0. The van der Waals surface area contributed by atoms with Gasteiger partial charge in [-0.15, -0.1) is 0 Å². The van der Waals surface area contributed by atoms with Gasteiger partial charge in [-0.05, 0) is 61.3 Å². The van der Waals surface area contributed by atoms with Crippen LogP contribution in [0.25, 0.3) is 44.2 Å². The third-order valence-electron chi connectivity index (χ3n) is 6.72. The van der Waals surface area contributed by atoms with Gasteiger partial charge in [0, 0.05) is 47.9 Å². The molecule has 0 spiro atoms. The van der Waals surface area contributed by atoms with Gasteiger partial charge in [0.05, 0.1) is 28.5 Å². The molecule has 1 aliphatic heterocycles. The van der Waals surface area contributed by atoms with Crippen LogP contribution < -0.4 is 5.32 Å². The van der Waals surface area contributed by atoms with Crippen molar-refractivity contribution in [1.82, 2.24) is 24.6 Å². The summed E-state index contributed by atoms with van der Waals surface area (Å²) in [5.41, 5.74) is 5.27. The van der Waals surface area contributed by atoms with Crippen LogP contribution in [0.15, 0.2) is 61.1 Å². The minimum absolute atomic E-state index is 0.0357. The van der Waals surface area contributed by atoms with E-state index in [1.165, 1.54) is 6.07 Å². The summed E-state index contributed by atoms with van der Waals surface area (Å²) in [6.45, 7) is 2.99. The van der Waals surface area contributed by atoms with Gasteiger partial charge < -0.3 is 9.88 Å². The highest BCUT2D eigenvalue weighted by molar-refractivity contribution is 6.02. The van der Waals surface area contributed by atoms with Gasteiger partial charge in [-0.3, -0.25) is 9.67 Å². The molecule has 7 heteroatoms. The molecule has 34 heavy (non-hydrogen) atoms. The second-order valence-electron chi connectivity index (χ2n) is 8.99. The number of rotatable bonds is 4. The fourth-order valence-corrected chi connectivity index (χ4v) is 5.03. The zero-order valence-electron chi connectivity index (χ0n) is 18.8. The first-order valence-electron chi connectivity index (χ1n) is 11.4. The van der Waals surface area contributed by atoms with Crippen molar-refractivity contribution < 1.29 is 4.39 Å². The molecule has 0 amide bonds. The van der Waals surface area contributed by atoms with Crippen molar-refractivity contribution in [2.75, 3.05) is 13.1 Å². The van der Waals surface area contributed by atoms with Gasteiger partial charge in [-0.1, -0.05) is 12.1 Å². The van der Waals surface area contributed by atoms with E-state index in [0.717, 1.165) is 64.7 Å². The molecule has 2 aromatic carbocycles. The lowest BCUT2D eigenvalue weighted by atomic mass is 9.95. The molecule has 5 aromatic rings. The largest absolute Gasteiger partial charge is 0.346 e. The van der Waals surface area contributed by atoms with Crippen LogP contribution in [-0.4, -0.2) is 32.4 Å². The van der Waals surface area contributed by atoms with Crippen LogP contribution in [0.3, 0.4) is 0 Å². The maximum atomic E-state index is 14.7. The number of nitrogens with zero attached hydrogens (tertiary/aromatic N) is 5. The number of aromatic nitrogens is 4. The molecular weight excluding hydrogens is 427 g/mol. The van der Waals surface area contributed by atoms with Crippen molar-refractivity contribution in [2.24, 2.45) is 13.0 Å². The number of benzene rings is 2. The van der Waals surface area contributed by atoms with Crippen molar-refractivity contribution >= 4 is 21.8 Å². The number of nitrogens with one attached hydrogen (secondary N) is 1. The SMILES string of the molecule is Cn1cc2cc(-c3ncc4c(ccn4C[C@@H]4CCNC4)c3-c3ccc(C#N)c(F)c3)ccc2n1. The topological polar surface area (TPSA) is 71.5 Å². The van der Waals surface area contributed by atoms with Crippen LogP contribution in [0.5, 0.6) is 0 Å². The Morgan fingerprint density at radius 3 is 2.85 bits per heavy atom. The molecule has 6 nitrogen and oxygen atoms in total. The van der Waals surface area contributed by atoms with E-state index in [1.807, 2.05) is 43.7 Å². The molecule has 6 rings (SSSR count). The molecule has 0 radical (unpaired) electrons. The quantitative estimate of drug-likeness (QED) is 0.424. The summed E-state index contributed by atoms with van der Waals surface area (Å²) in [5, 5.41) is 19.1. The van der Waals surface area contributed by atoms with Crippen LogP contribution in [0.2, 0.25) is 0 Å².